The molecule has 0 aliphatic rings. The van der Waals surface area contributed by atoms with Gasteiger partial charge in [-0.1, -0.05) is 6.07 Å². The SMILES string of the molecule is Cc1cc(Nc2cccc(C(F)(F)F)c2)nc2ccc(NC(=O)c3ccco3)cc12. The molecule has 0 aliphatic carbocycles. The number of pyridine rings is 1. The lowest BCUT2D eigenvalue weighted by Gasteiger charge is -2.12. The number of carbonyl (C=O) groups is 1. The van der Waals surface area contributed by atoms with Crippen molar-refractivity contribution in [1.82, 2.24) is 4.98 Å². The van der Waals surface area contributed by atoms with Gasteiger partial charge in [-0.2, -0.15) is 13.2 Å². The van der Waals surface area contributed by atoms with E-state index < -0.39 is 11.7 Å². The van der Waals surface area contributed by atoms with Crippen LogP contribution >= 0.6 is 0 Å². The van der Waals surface area contributed by atoms with Gasteiger partial charge in [0, 0.05) is 16.8 Å². The van der Waals surface area contributed by atoms with E-state index in [1.807, 2.05) is 6.92 Å². The number of rotatable bonds is 4. The zero-order valence-corrected chi connectivity index (χ0v) is 15.7. The van der Waals surface area contributed by atoms with Crippen LogP contribution < -0.4 is 10.6 Å². The van der Waals surface area contributed by atoms with E-state index in [1.165, 1.54) is 12.3 Å². The summed E-state index contributed by atoms with van der Waals surface area (Å²) in [6.07, 6.45) is -3.00. The van der Waals surface area contributed by atoms with Crippen molar-refractivity contribution in [1.29, 1.82) is 0 Å². The molecular formula is C22H16F3N3O2. The molecule has 2 aromatic carbocycles. The lowest BCUT2D eigenvalue weighted by molar-refractivity contribution is -0.137. The van der Waals surface area contributed by atoms with E-state index in [1.54, 1.807) is 42.5 Å². The largest absolute Gasteiger partial charge is 0.459 e. The maximum atomic E-state index is 12.9. The Morgan fingerprint density at radius 3 is 2.57 bits per heavy atom. The minimum Gasteiger partial charge on any atom is -0.459 e. The molecule has 0 saturated heterocycles. The van der Waals surface area contributed by atoms with Crippen LogP contribution in [0.4, 0.5) is 30.4 Å². The molecule has 0 spiro atoms. The Morgan fingerprint density at radius 1 is 1.00 bits per heavy atom. The Kier molecular flexibility index (Phi) is 4.91. The van der Waals surface area contributed by atoms with Gasteiger partial charge in [-0.3, -0.25) is 4.79 Å². The molecule has 2 heterocycles. The predicted octanol–water partition coefficient (Wildman–Crippen LogP) is 6.15. The number of carbonyl (C=O) groups excluding carboxylic acids is 1. The van der Waals surface area contributed by atoms with Crippen molar-refractivity contribution >= 4 is 34.0 Å². The minimum atomic E-state index is -4.42. The number of nitrogens with zero attached hydrogens (tertiary/aromatic N) is 1. The van der Waals surface area contributed by atoms with Gasteiger partial charge in [-0.05, 0) is 67.1 Å². The molecule has 0 atom stereocenters. The zero-order chi connectivity index (χ0) is 21.3. The van der Waals surface area contributed by atoms with Crippen molar-refractivity contribution < 1.29 is 22.4 Å². The molecule has 0 radical (unpaired) electrons. The number of anilines is 3. The second kappa shape index (κ2) is 7.55. The van der Waals surface area contributed by atoms with Crippen LogP contribution in [-0.4, -0.2) is 10.9 Å². The number of nitrogens with one attached hydrogen (secondary N) is 2. The fourth-order valence-electron chi connectivity index (χ4n) is 3.06. The van der Waals surface area contributed by atoms with Crippen LogP contribution in [0.25, 0.3) is 10.9 Å². The predicted molar refractivity (Wildman–Crippen MR) is 108 cm³/mol. The van der Waals surface area contributed by atoms with Crippen molar-refractivity contribution in [3.05, 3.63) is 83.8 Å². The Balaban J connectivity index is 1.59. The molecule has 0 bridgehead atoms. The molecule has 1 amide bonds. The number of furan rings is 1. The van der Waals surface area contributed by atoms with Crippen molar-refractivity contribution in [2.75, 3.05) is 10.6 Å². The van der Waals surface area contributed by atoms with Crippen LogP contribution in [0.15, 0.2) is 71.3 Å². The van der Waals surface area contributed by atoms with Gasteiger partial charge in [-0.25, -0.2) is 4.98 Å². The third-order valence-corrected chi connectivity index (χ3v) is 4.48. The topological polar surface area (TPSA) is 67.2 Å². The third-order valence-electron chi connectivity index (χ3n) is 4.48. The highest BCUT2D eigenvalue weighted by atomic mass is 19.4. The molecule has 0 fully saturated rings. The first-order chi connectivity index (χ1) is 14.3. The summed E-state index contributed by atoms with van der Waals surface area (Å²) in [5, 5.41) is 6.48. The van der Waals surface area contributed by atoms with Crippen molar-refractivity contribution in [3.63, 3.8) is 0 Å². The van der Waals surface area contributed by atoms with E-state index in [0.29, 0.717) is 22.7 Å². The second-order valence-electron chi connectivity index (χ2n) is 6.69. The Labute approximate surface area is 169 Å². The molecular weight excluding hydrogens is 395 g/mol. The van der Waals surface area contributed by atoms with Gasteiger partial charge < -0.3 is 15.1 Å². The van der Waals surface area contributed by atoms with E-state index in [0.717, 1.165) is 23.1 Å². The molecule has 4 rings (SSSR count). The molecule has 0 unspecified atom stereocenters. The summed E-state index contributed by atoms with van der Waals surface area (Å²) in [4.78, 5) is 16.6. The summed E-state index contributed by atoms with van der Waals surface area (Å²) in [6.45, 7) is 1.86. The van der Waals surface area contributed by atoms with Crippen molar-refractivity contribution in [2.45, 2.75) is 13.1 Å². The number of aryl methyl sites for hydroxylation is 1. The van der Waals surface area contributed by atoms with E-state index in [4.69, 9.17) is 4.42 Å². The smallest absolute Gasteiger partial charge is 0.416 e. The first-order valence-corrected chi connectivity index (χ1v) is 9.00. The highest BCUT2D eigenvalue weighted by Crippen LogP contribution is 2.32. The van der Waals surface area contributed by atoms with Crippen LogP contribution in [-0.2, 0) is 6.18 Å². The monoisotopic (exact) mass is 411 g/mol. The van der Waals surface area contributed by atoms with Gasteiger partial charge in [0.25, 0.3) is 5.91 Å². The van der Waals surface area contributed by atoms with Gasteiger partial charge in [-0.15, -0.1) is 0 Å². The van der Waals surface area contributed by atoms with Gasteiger partial charge in [0.1, 0.15) is 5.82 Å². The second-order valence-corrected chi connectivity index (χ2v) is 6.69. The number of benzene rings is 2. The van der Waals surface area contributed by atoms with Gasteiger partial charge >= 0.3 is 6.18 Å². The van der Waals surface area contributed by atoms with Crippen LogP contribution in [0.5, 0.6) is 0 Å². The average molecular weight is 411 g/mol. The highest BCUT2D eigenvalue weighted by molar-refractivity contribution is 6.03. The third kappa shape index (κ3) is 4.12. The number of hydrogen-bond donors (Lipinski definition) is 2. The summed E-state index contributed by atoms with van der Waals surface area (Å²) >= 11 is 0. The average Bonchev–Trinajstić information content (AvgIpc) is 3.23. The van der Waals surface area contributed by atoms with E-state index in [-0.39, 0.29) is 11.7 Å². The maximum Gasteiger partial charge on any atom is 0.416 e. The van der Waals surface area contributed by atoms with Crippen molar-refractivity contribution in [2.24, 2.45) is 0 Å². The highest BCUT2D eigenvalue weighted by Gasteiger charge is 2.30. The fraction of sp³-hybridized carbons (Fsp3) is 0.0909. The fourth-order valence-corrected chi connectivity index (χ4v) is 3.06. The Morgan fingerprint density at radius 2 is 1.83 bits per heavy atom. The van der Waals surface area contributed by atoms with Crippen molar-refractivity contribution in [3.8, 4) is 0 Å². The summed E-state index contributed by atoms with van der Waals surface area (Å²) in [5.41, 5.74) is 1.62. The van der Waals surface area contributed by atoms with Crippen LogP contribution in [0.1, 0.15) is 21.7 Å². The Bertz CT molecular complexity index is 1220. The molecule has 152 valence electrons. The number of alkyl halides is 3. The van der Waals surface area contributed by atoms with Gasteiger partial charge in [0.2, 0.25) is 0 Å². The number of fused-ring (bicyclic) bond motifs is 1. The minimum absolute atomic E-state index is 0.200. The quantitative estimate of drug-likeness (QED) is 0.423. The molecule has 30 heavy (non-hydrogen) atoms. The lowest BCUT2D eigenvalue weighted by Crippen LogP contribution is -2.10. The maximum absolute atomic E-state index is 12.9. The molecule has 0 saturated carbocycles. The summed E-state index contributed by atoms with van der Waals surface area (Å²) in [6, 6.07) is 15.1. The number of aromatic nitrogens is 1. The summed E-state index contributed by atoms with van der Waals surface area (Å²) in [7, 11) is 0. The first kappa shape index (κ1) is 19.5. The van der Waals surface area contributed by atoms with E-state index >= 15 is 0 Å². The van der Waals surface area contributed by atoms with E-state index in [9.17, 15) is 18.0 Å². The standard InChI is InChI=1S/C22H16F3N3O2/c1-13-10-20(26-15-5-2-4-14(11-15)22(23,24)25)28-18-8-7-16(12-17(13)18)27-21(29)19-6-3-9-30-19/h2-12H,1H3,(H,26,28)(H,27,29). The zero-order valence-electron chi connectivity index (χ0n) is 15.7. The summed E-state index contributed by atoms with van der Waals surface area (Å²) < 4.78 is 43.8. The first-order valence-electron chi connectivity index (χ1n) is 9.00. The van der Waals surface area contributed by atoms with Crippen LogP contribution in [0, 0.1) is 6.92 Å². The molecule has 8 heteroatoms. The molecule has 5 nitrogen and oxygen atoms in total. The van der Waals surface area contributed by atoms with Gasteiger partial charge in [0.15, 0.2) is 5.76 Å². The normalized spacial score (nSPS) is 11.5. The summed E-state index contributed by atoms with van der Waals surface area (Å²) in [5.74, 6) is 0.255. The lowest BCUT2D eigenvalue weighted by atomic mass is 10.1. The van der Waals surface area contributed by atoms with Gasteiger partial charge in [0.05, 0.1) is 17.3 Å². The molecule has 2 N–H and O–H groups in total. The number of halogens is 3. The number of hydrogen-bond acceptors (Lipinski definition) is 4. The molecule has 2 aromatic heterocycles. The van der Waals surface area contributed by atoms with Crippen LogP contribution in [0.3, 0.4) is 0 Å². The molecule has 4 aromatic rings. The van der Waals surface area contributed by atoms with Crippen LogP contribution in [0.2, 0.25) is 0 Å². The van der Waals surface area contributed by atoms with E-state index in [2.05, 4.69) is 15.6 Å². The molecule has 0 aliphatic heterocycles. The Hall–Kier alpha value is -3.81. The number of amides is 1.